The maximum atomic E-state index is 6.34. The molecule has 4 rings (SSSR count). The van der Waals surface area contributed by atoms with Crippen molar-refractivity contribution in [2.24, 2.45) is 10.9 Å². The van der Waals surface area contributed by atoms with E-state index in [1.807, 2.05) is 17.8 Å². The third kappa shape index (κ3) is 2.04. The molecule has 0 saturated heterocycles. The number of hydrogen-bond donors (Lipinski definition) is 0. The number of amidine groups is 1. The second-order valence-electron chi connectivity index (χ2n) is 5.54. The number of nitrogens with zero attached hydrogens (tertiary/aromatic N) is 2. The van der Waals surface area contributed by atoms with Gasteiger partial charge in [0.25, 0.3) is 0 Å². The largest absolute Gasteiger partial charge is 0.318 e. The Bertz CT molecular complexity index is 789. The normalized spacial score (nSPS) is 18.1. The summed E-state index contributed by atoms with van der Waals surface area (Å²) in [6.45, 7) is 6.40. The van der Waals surface area contributed by atoms with Crippen molar-refractivity contribution in [1.82, 2.24) is 4.90 Å². The van der Waals surface area contributed by atoms with Gasteiger partial charge in [-0.15, -0.1) is 11.3 Å². The van der Waals surface area contributed by atoms with Gasteiger partial charge in [0.2, 0.25) is 0 Å². The summed E-state index contributed by atoms with van der Waals surface area (Å²) in [7, 11) is 0. The summed E-state index contributed by atoms with van der Waals surface area (Å²) >= 11 is 9.94. The van der Waals surface area contributed by atoms with E-state index in [1.165, 1.54) is 20.9 Å². The third-order valence-corrected chi connectivity index (χ3v) is 6.54. The number of thiophene rings is 1. The van der Waals surface area contributed by atoms with Gasteiger partial charge in [0, 0.05) is 32.1 Å². The van der Waals surface area contributed by atoms with E-state index in [2.05, 4.69) is 41.3 Å². The molecule has 1 aromatic carbocycles. The first-order valence-electron chi connectivity index (χ1n) is 7.07. The number of thioether (sulfide) groups is 1. The van der Waals surface area contributed by atoms with Gasteiger partial charge < -0.3 is 4.90 Å². The summed E-state index contributed by atoms with van der Waals surface area (Å²) in [4.78, 5) is 8.43. The van der Waals surface area contributed by atoms with Crippen LogP contribution in [-0.2, 0) is 0 Å². The summed E-state index contributed by atoms with van der Waals surface area (Å²) in [5.41, 5.74) is 2.64. The Morgan fingerprint density at radius 1 is 1.29 bits per heavy atom. The molecule has 3 heterocycles. The van der Waals surface area contributed by atoms with E-state index >= 15 is 0 Å². The van der Waals surface area contributed by atoms with Crippen molar-refractivity contribution in [1.29, 1.82) is 0 Å². The number of rotatable bonds is 2. The molecule has 0 amide bonds. The second-order valence-corrected chi connectivity index (χ2v) is 7.88. The first-order chi connectivity index (χ1) is 10.2. The van der Waals surface area contributed by atoms with Crippen LogP contribution in [0.25, 0.3) is 15.8 Å². The smallest absolute Gasteiger partial charge is 0.168 e. The number of aliphatic imine (C=N–C) groups is 1. The molecule has 1 aromatic heterocycles. The van der Waals surface area contributed by atoms with Gasteiger partial charge in [-0.1, -0.05) is 37.2 Å². The number of allylic oxidation sites excluding steroid dienone is 1. The molecular formula is C16H15ClN2S2. The van der Waals surface area contributed by atoms with Gasteiger partial charge >= 0.3 is 0 Å². The standard InChI is InChI=1S/C16H15ClN2S2/c1-9(2)14-13(19-7-6-18-16(19)21-14)11-3-4-12(17)10-5-8-20-15(10)11/h3-5,8-9H,6-7H2,1-2H3. The zero-order valence-electron chi connectivity index (χ0n) is 11.9. The zero-order valence-corrected chi connectivity index (χ0v) is 14.3. The molecule has 0 fully saturated rings. The van der Waals surface area contributed by atoms with E-state index in [1.54, 1.807) is 11.3 Å². The van der Waals surface area contributed by atoms with Crippen molar-refractivity contribution in [3.63, 3.8) is 0 Å². The predicted molar refractivity (Wildman–Crippen MR) is 95.2 cm³/mol. The van der Waals surface area contributed by atoms with Crippen LogP contribution < -0.4 is 0 Å². The van der Waals surface area contributed by atoms with Gasteiger partial charge in [0.15, 0.2) is 5.17 Å². The lowest BCUT2D eigenvalue weighted by Gasteiger charge is -2.19. The van der Waals surface area contributed by atoms with E-state index in [-0.39, 0.29) is 0 Å². The quantitative estimate of drug-likeness (QED) is 0.740. The summed E-state index contributed by atoms with van der Waals surface area (Å²) in [5, 5.41) is 5.27. The lowest BCUT2D eigenvalue weighted by molar-refractivity contribution is 0.641. The molecule has 0 saturated carbocycles. The number of benzene rings is 1. The van der Waals surface area contributed by atoms with Crippen LogP contribution >= 0.6 is 34.7 Å². The number of fused-ring (bicyclic) bond motifs is 2. The van der Waals surface area contributed by atoms with Gasteiger partial charge in [0.1, 0.15) is 0 Å². The minimum absolute atomic E-state index is 0.504. The molecule has 2 aliphatic heterocycles. The first-order valence-corrected chi connectivity index (χ1v) is 9.14. The van der Waals surface area contributed by atoms with Crippen LogP contribution in [0.4, 0.5) is 0 Å². The fourth-order valence-corrected chi connectivity index (χ4v) is 5.30. The molecule has 5 heteroatoms. The summed E-state index contributed by atoms with van der Waals surface area (Å²) in [6, 6.07) is 6.30. The van der Waals surface area contributed by atoms with Crippen molar-refractivity contribution in [2.75, 3.05) is 13.1 Å². The molecule has 0 radical (unpaired) electrons. The van der Waals surface area contributed by atoms with Gasteiger partial charge in [-0.25, -0.2) is 0 Å². The lowest BCUT2D eigenvalue weighted by atomic mass is 10.0. The van der Waals surface area contributed by atoms with Crippen LogP contribution in [0, 0.1) is 5.92 Å². The molecule has 21 heavy (non-hydrogen) atoms. The predicted octanol–water partition coefficient (Wildman–Crippen LogP) is 5.30. The van der Waals surface area contributed by atoms with Crippen molar-refractivity contribution in [3.8, 4) is 0 Å². The topological polar surface area (TPSA) is 15.6 Å². The summed E-state index contributed by atoms with van der Waals surface area (Å²) in [5.74, 6) is 0.504. The Labute approximate surface area is 137 Å². The number of hydrogen-bond acceptors (Lipinski definition) is 4. The van der Waals surface area contributed by atoms with Crippen LogP contribution in [0.3, 0.4) is 0 Å². The SMILES string of the molecule is CC(C)C1=C(c2ccc(Cl)c3ccsc23)N2CCN=C2S1. The van der Waals surface area contributed by atoms with E-state index in [0.29, 0.717) is 5.92 Å². The Balaban J connectivity index is 1.97. The second kappa shape index (κ2) is 5.04. The molecule has 2 nitrogen and oxygen atoms in total. The summed E-state index contributed by atoms with van der Waals surface area (Å²) < 4.78 is 1.28. The van der Waals surface area contributed by atoms with E-state index in [4.69, 9.17) is 11.6 Å². The highest BCUT2D eigenvalue weighted by Gasteiger charge is 2.34. The summed E-state index contributed by atoms with van der Waals surface area (Å²) in [6.07, 6.45) is 0. The van der Waals surface area contributed by atoms with Crippen molar-refractivity contribution < 1.29 is 0 Å². The van der Waals surface area contributed by atoms with Crippen molar-refractivity contribution in [3.05, 3.63) is 39.1 Å². The minimum atomic E-state index is 0.504. The molecule has 2 aliphatic rings. The van der Waals surface area contributed by atoms with Crippen LogP contribution in [-0.4, -0.2) is 23.2 Å². The average Bonchev–Trinajstić information content (AvgIpc) is 3.13. The molecule has 2 aromatic rings. The number of halogens is 1. The van der Waals surface area contributed by atoms with Crippen LogP contribution in [0.15, 0.2) is 33.5 Å². The molecule has 0 aliphatic carbocycles. The highest BCUT2D eigenvalue weighted by molar-refractivity contribution is 8.17. The highest BCUT2D eigenvalue weighted by atomic mass is 35.5. The van der Waals surface area contributed by atoms with Gasteiger partial charge in [-0.05, 0) is 29.5 Å². The van der Waals surface area contributed by atoms with E-state index in [9.17, 15) is 0 Å². The fraction of sp³-hybridized carbons (Fsp3) is 0.312. The molecule has 0 atom stereocenters. The third-order valence-electron chi connectivity index (χ3n) is 3.85. The highest BCUT2D eigenvalue weighted by Crippen LogP contribution is 2.47. The van der Waals surface area contributed by atoms with E-state index in [0.717, 1.165) is 28.7 Å². The molecule has 0 unspecified atom stereocenters. The van der Waals surface area contributed by atoms with Crippen LogP contribution in [0.5, 0.6) is 0 Å². The fourth-order valence-electron chi connectivity index (χ4n) is 2.88. The Morgan fingerprint density at radius 2 is 2.14 bits per heavy atom. The molecular weight excluding hydrogens is 320 g/mol. The molecule has 0 bridgehead atoms. The minimum Gasteiger partial charge on any atom is -0.318 e. The Kier molecular flexibility index (Phi) is 3.28. The molecule has 108 valence electrons. The van der Waals surface area contributed by atoms with Crippen molar-refractivity contribution in [2.45, 2.75) is 13.8 Å². The van der Waals surface area contributed by atoms with Gasteiger partial charge in [-0.2, -0.15) is 0 Å². The van der Waals surface area contributed by atoms with Crippen molar-refractivity contribution >= 4 is 55.7 Å². The zero-order chi connectivity index (χ0) is 14.6. The van der Waals surface area contributed by atoms with Gasteiger partial charge in [-0.3, -0.25) is 4.99 Å². The maximum absolute atomic E-state index is 6.34. The monoisotopic (exact) mass is 334 g/mol. The first kappa shape index (κ1) is 13.7. The molecule has 0 N–H and O–H groups in total. The average molecular weight is 335 g/mol. The lowest BCUT2D eigenvalue weighted by Crippen LogP contribution is -2.20. The Hall–Kier alpha value is -0.970. The Morgan fingerprint density at radius 3 is 2.95 bits per heavy atom. The van der Waals surface area contributed by atoms with E-state index < -0.39 is 0 Å². The van der Waals surface area contributed by atoms with Crippen LogP contribution in [0.2, 0.25) is 5.02 Å². The molecule has 0 spiro atoms. The maximum Gasteiger partial charge on any atom is 0.168 e. The van der Waals surface area contributed by atoms with Crippen LogP contribution in [0.1, 0.15) is 19.4 Å². The van der Waals surface area contributed by atoms with Gasteiger partial charge in [0.05, 0.1) is 12.2 Å².